The predicted molar refractivity (Wildman–Crippen MR) is 83.2 cm³/mol. The Labute approximate surface area is 135 Å². The Morgan fingerprint density at radius 1 is 1.17 bits per heavy atom. The van der Waals surface area contributed by atoms with Crippen LogP contribution < -0.4 is 10.6 Å². The number of rotatable bonds is 4. The molecule has 0 saturated heterocycles. The highest BCUT2D eigenvalue weighted by Crippen LogP contribution is 2.19. The fourth-order valence-electron chi connectivity index (χ4n) is 1.91. The molecule has 0 fully saturated rings. The van der Waals surface area contributed by atoms with Gasteiger partial charge in [-0.25, -0.2) is 22.5 Å². The summed E-state index contributed by atoms with van der Waals surface area (Å²) in [5, 5.41) is 5.71. The van der Waals surface area contributed by atoms with E-state index in [4.69, 9.17) is 12.2 Å². The van der Waals surface area contributed by atoms with Gasteiger partial charge in [0.15, 0.2) is 28.4 Å². The number of nitrogens with one attached hydrogen (secondary N) is 2. The molecule has 0 atom stereocenters. The van der Waals surface area contributed by atoms with E-state index in [2.05, 4.69) is 15.6 Å². The SMILES string of the molecule is Cc1cccnc1NC(=S)NCCc1c(F)c(F)cc(F)c1F. The van der Waals surface area contributed by atoms with Gasteiger partial charge in [-0.3, -0.25) is 0 Å². The lowest BCUT2D eigenvalue weighted by atomic mass is 10.1. The summed E-state index contributed by atoms with van der Waals surface area (Å²) in [4.78, 5) is 4.08. The van der Waals surface area contributed by atoms with Crippen molar-refractivity contribution < 1.29 is 17.6 Å². The second kappa shape index (κ2) is 7.36. The van der Waals surface area contributed by atoms with Crippen LogP contribution >= 0.6 is 12.2 Å². The highest BCUT2D eigenvalue weighted by Gasteiger charge is 2.18. The predicted octanol–water partition coefficient (Wildman–Crippen LogP) is 3.48. The van der Waals surface area contributed by atoms with Gasteiger partial charge in [0.25, 0.3) is 0 Å². The third kappa shape index (κ3) is 4.16. The van der Waals surface area contributed by atoms with Crippen molar-refractivity contribution in [2.45, 2.75) is 13.3 Å². The monoisotopic (exact) mass is 343 g/mol. The van der Waals surface area contributed by atoms with Crippen molar-refractivity contribution in [2.75, 3.05) is 11.9 Å². The Morgan fingerprint density at radius 3 is 2.43 bits per heavy atom. The number of pyridine rings is 1. The first kappa shape index (κ1) is 17.1. The lowest BCUT2D eigenvalue weighted by Gasteiger charge is -2.12. The van der Waals surface area contributed by atoms with Crippen molar-refractivity contribution in [1.82, 2.24) is 10.3 Å². The van der Waals surface area contributed by atoms with Crippen LogP contribution in [0.15, 0.2) is 24.4 Å². The van der Waals surface area contributed by atoms with Crippen LogP contribution in [0, 0.1) is 30.2 Å². The number of thiocarbonyl (C=S) groups is 1. The molecule has 0 unspecified atom stereocenters. The van der Waals surface area contributed by atoms with E-state index in [9.17, 15) is 17.6 Å². The first-order valence-electron chi connectivity index (χ1n) is 6.68. The van der Waals surface area contributed by atoms with Gasteiger partial charge in [0.1, 0.15) is 5.82 Å². The number of aromatic nitrogens is 1. The molecule has 23 heavy (non-hydrogen) atoms. The van der Waals surface area contributed by atoms with Gasteiger partial charge in [-0.15, -0.1) is 0 Å². The van der Waals surface area contributed by atoms with Crippen LogP contribution in [-0.2, 0) is 6.42 Å². The molecule has 0 radical (unpaired) electrons. The van der Waals surface area contributed by atoms with Crippen molar-refractivity contribution in [3.8, 4) is 0 Å². The molecule has 1 aromatic carbocycles. The summed E-state index contributed by atoms with van der Waals surface area (Å²) in [6, 6.07) is 3.77. The third-order valence-corrected chi connectivity index (χ3v) is 3.35. The Kier molecular flexibility index (Phi) is 5.49. The molecule has 2 rings (SSSR count). The molecule has 1 heterocycles. The van der Waals surface area contributed by atoms with Crippen molar-refractivity contribution in [3.63, 3.8) is 0 Å². The molecule has 0 aliphatic heterocycles. The lowest BCUT2D eigenvalue weighted by Crippen LogP contribution is -2.31. The summed E-state index contributed by atoms with van der Waals surface area (Å²) in [6.45, 7) is 1.83. The van der Waals surface area contributed by atoms with Crippen LogP contribution in [0.1, 0.15) is 11.1 Å². The number of nitrogens with zero attached hydrogens (tertiary/aromatic N) is 1. The van der Waals surface area contributed by atoms with E-state index < -0.39 is 28.8 Å². The van der Waals surface area contributed by atoms with E-state index in [1.165, 1.54) is 0 Å². The van der Waals surface area contributed by atoms with Gasteiger partial charge in [0.05, 0.1) is 0 Å². The lowest BCUT2D eigenvalue weighted by molar-refractivity contribution is 0.438. The molecule has 2 aromatic rings. The number of hydrogen-bond donors (Lipinski definition) is 2. The summed E-state index contributed by atoms with van der Waals surface area (Å²) in [5.41, 5.74) is 0.202. The number of anilines is 1. The molecule has 3 nitrogen and oxygen atoms in total. The van der Waals surface area contributed by atoms with Gasteiger partial charge >= 0.3 is 0 Å². The molecule has 0 aliphatic rings. The molecular formula is C15H13F4N3S. The van der Waals surface area contributed by atoms with Gasteiger partial charge in [0.2, 0.25) is 0 Å². The van der Waals surface area contributed by atoms with Gasteiger partial charge in [0, 0.05) is 24.4 Å². The van der Waals surface area contributed by atoms with Crippen molar-refractivity contribution in [2.24, 2.45) is 0 Å². The first-order chi connectivity index (χ1) is 10.9. The second-order valence-corrected chi connectivity index (χ2v) is 5.15. The number of benzene rings is 1. The standard InChI is InChI=1S/C15H13F4N3S/c1-8-3-2-5-20-14(8)22-15(23)21-6-4-9-12(18)10(16)7-11(17)13(9)19/h2-3,5,7H,4,6H2,1H3,(H2,20,21,22,23). The minimum atomic E-state index is -1.43. The topological polar surface area (TPSA) is 37.0 Å². The zero-order valence-corrected chi connectivity index (χ0v) is 12.9. The first-order valence-corrected chi connectivity index (χ1v) is 7.09. The molecule has 122 valence electrons. The van der Waals surface area contributed by atoms with Crippen molar-refractivity contribution >= 4 is 23.1 Å². The van der Waals surface area contributed by atoms with E-state index in [1.807, 2.05) is 13.0 Å². The third-order valence-electron chi connectivity index (χ3n) is 3.10. The van der Waals surface area contributed by atoms with E-state index >= 15 is 0 Å². The highest BCUT2D eigenvalue weighted by atomic mass is 32.1. The van der Waals surface area contributed by atoms with Crippen molar-refractivity contribution in [1.29, 1.82) is 0 Å². The Hall–Kier alpha value is -2.22. The van der Waals surface area contributed by atoms with Crippen LogP contribution in [0.25, 0.3) is 0 Å². The number of aryl methyl sites for hydroxylation is 1. The normalized spacial score (nSPS) is 10.5. The molecule has 0 bridgehead atoms. The van der Waals surface area contributed by atoms with Crippen LogP contribution in [0.3, 0.4) is 0 Å². The Bertz CT molecular complexity index is 711. The van der Waals surface area contributed by atoms with E-state index in [1.54, 1.807) is 12.3 Å². The van der Waals surface area contributed by atoms with E-state index in [0.717, 1.165) is 5.56 Å². The summed E-state index contributed by atoms with van der Waals surface area (Å²) >= 11 is 5.03. The molecule has 8 heteroatoms. The summed E-state index contributed by atoms with van der Waals surface area (Å²) in [5.74, 6) is -5.11. The molecule has 2 N–H and O–H groups in total. The van der Waals surface area contributed by atoms with Crippen LogP contribution in [0.5, 0.6) is 0 Å². The zero-order valence-electron chi connectivity index (χ0n) is 12.1. The fourth-order valence-corrected chi connectivity index (χ4v) is 2.11. The molecule has 0 aliphatic carbocycles. The molecule has 1 aromatic heterocycles. The summed E-state index contributed by atoms with van der Waals surface area (Å²) in [7, 11) is 0. The van der Waals surface area contributed by atoms with E-state index in [0.29, 0.717) is 5.82 Å². The quantitative estimate of drug-likeness (QED) is 0.506. The van der Waals surface area contributed by atoms with Crippen LogP contribution in [-0.4, -0.2) is 16.6 Å². The highest BCUT2D eigenvalue weighted by molar-refractivity contribution is 7.80. The summed E-state index contributed by atoms with van der Waals surface area (Å²) in [6.07, 6.45) is 1.31. The molecule has 0 amide bonds. The van der Waals surface area contributed by atoms with Crippen LogP contribution in [0.4, 0.5) is 23.4 Å². The second-order valence-electron chi connectivity index (χ2n) is 4.75. The fraction of sp³-hybridized carbons (Fsp3) is 0.200. The minimum Gasteiger partial charge on any atom is -0.362 e. The maximum absolute atomic E-state index is 13.5. The largest absolute Gasteiger partial charge is 0.362 e. The molecular weight excluding hydrogens is 330 g/mol. The molecule has 0 spiro atoms. The summed E-state index contributed by atoms with van der Waals surface area (Å²) < 4.78 is 53.2. The minimum absolute atomic E-state index is 0.00551. The van der Waals surface area contributed by atoms with Crippen LogP contribution in [0.2, 0.25) is 0 Å². The number of hydrogen-bond acceptors (Lipinski definition) is 2. The molecule has 0 saturated carbocycles. The average Bonchev–Trinajstić information content (AvgIpc) is 2.51. The average molecular weight is 343 g/mol. The van der Waals surface area contributed by atoms with Gasteiger partial charge in [-0.05, 0) is 37.2 Å². The smallest absolute Gasteiger partial charge is 0.171 e. The van der Waals surface area contributed by atoms with Crippen molar-refractivity contribution in [3.05, 3.63) is 58.8 Å². The Morgan fingerprint density at radius 2 is 1.83 bits per heavy atom. The number of halogens is 4. The zero-order chi connectivity index (χ0) is 17.0. The maximum Gasteiger partial charge on any atom is 0.171 e. The van der Waals surface area contributed by atoms with E-state index in [-0.39, 0.29) is 24.1 Å². The van der Waals surface area contributed by atoms with Gasteiger partial charge < -0.3 is 10.6 Å². The van der Waals surface area contributed by atoms with Gasteiger partial charge in [-0.1, -0.05) is 6.07 Å². The van der Waals surface area contributed by atoms with Gasteiger partial charge in [-0.2, -0.15) is 0 Å². The Balaban J connectivity index is 1.95. The maximum atomic E-state index is 13.5.